The SMILES string of the molecule is Cc1ccc(N2C(=O)/C(=C/c3ccc(-c4ccccc4C(=O)O)o3)C(=O)NC2=S)cc1. The number of benzene rings is 2. The van der Waals surface area contributed by atoms with Crippen LogP contribution in [0.15, 0.2) is 70.7 Å². The van der Waals surface area contributed by atoms with E-state index in [2.05, 4.69) is 5.32 Å². The largest absolute Gasteiger partial charge is 0.478 e. The van der Waals surface area contributed by atoms with Crippen LogP contribution in [0, 0.1) is 6.92 Å². The van der Waals surface area contributed by atoms with E-state index >= 15 is 0 Å². The van der Waals surface area contributed by atoms with Gasteiger partial charge < -0.3 is 9.52 Å². The highest BCUT2D eigenvalue weighted by Crippen LogP contribution is 2.28. The molecule has 1 aromatic heterocycles. The summed E-state index contributed by atoms with van der Waals surface area (Å²) >= 11 is 5.19. The minimum absolute atomic E-state index is 0.00785. The molecule has 1 aliphatic rings. The van der Waals surface area contributed by atoms with Gasteiger partial charge in [-0.2, -0.15) is 0 Å². The molecule has 0 atom stereocenters. The van der Waals surface area contributed by atoms with E-state index in [1.807, 2.05) is 19.1 Å². The quantitative estimate of drug-likeness (QED) is 0.370. The number of amides is 2. The number of rotatable bonds is 4. The van der Waals surface area contributed by atoms with Crippen molar-refractivity contribution in [3.05, 3.63) is 83.1 Å². The van der Waals surface area contributed by atoms with Gasteiger partial charge >= 0.3 is 5.97 Å². The number of nitrogens with one attached hydrogen (secondary N) is 1. The van der Waals surface area contributed by atoms with Crippen molar-refractivity contribution in [3.8, 4) is 11.3 Å². The van der Waals surface area contributed by atoms with Crippen LogP contribution in [0.3, 0.4) is 0 Å². The van der Waals surface area contributed by atoms with Crippen LogP contribution in [0.2, 0.25) is 0 Å². The highest BCUT2D eigenvalue weighted by Gasteiger charge is 2.34. The number of carboxylic acids is 1. The molecule has 0 radical (unpaired) electrons. The molecule has 0 unspecified atom stereocenters. The Morgan fingerprint density at radius 1 is 1.06 bits per heavy atom. The fraction of sp³-hybridized carbons (Fsp3) is 0.0435. The Hall–Kier alpha value is -4.04. The van der Waals surface area contributed by atoms with Crippen molar-refractivity contribution in [2.75, 3.05) is 4.90 Å². The Morgan fingerprint density at radius 2 is 1.77 bits per heavy atom. The summed E-state index contributed by atoms with van der Waals surface area (Å²) in [6, 6.07) is 16.7. The fourth-order valence-corrected chi connectivity index (χ4v) is 3.47. The van der Waals surface area contributed by atoms with Crippen LogP contribution in [-0.4, -0.2) is 28.0 Å². The van der Waals surface area contributed by atoms with Gasteiger partial charge in [0.15, 0.2) is 5.11 Å². The molecule has 2 aromatic carbocycles. The lowest BCUT2D eigenvalue weighted by atomic mass is 10.1. The molecule has 1 aliphatic heterocycles. The summed E-state index contributed by atoms with van der Waals surface area (Å²) in [7, 11) is 0. The van der Waals surface area contributed by atoms with Gasteiger partial charge in [-0.1, -0.05) is 35.9 Å². The molecule has 7 nitrogen and oxygen atoms in total. The third-order valence-electron chi connectivity index (χ3n) is 4.73. The van der Waals surface area contributed by atoms with Crippen LogP contribution in [0.25, 0.3) is 17.4 Å². The summed E-state index contributed by atoms with van der Waals surface area (Å²) in [6.45, 7) is 1.92. The van der Waals surface area contributed by atoms with Crippen LogP contribution >= 0.6 is 12.2 Å². The Labute approximate surface area is 182 Å². The molecule has 2 amide bonds. The number of thiocarbonyl (C=S) groups is 1. The van der Waals surface area contributed by atoms with E-state index < -0.39 is 17.8 Å². The van der Waals surface area contributed by atoms with Gasteiger partial charge in [-0.3, -0.25) is 19.8 Å². The molecule has 3 aromatic rings. The smallest absolute Gasteiger partial charge is 0.336 e. The van der Waals surface area contributed by atoms with Crippen molar-refractivity contribution in [3.63, 3.8) is 0 Å². The van der Waals surface area contributed by atoms with Gasteiger partial charge in [-0.25, -0.2) is 4.79 Å². The molecule has 0 saturated carbocycles. The van der Waals surface area contributed by atoms with Crippen LogP contribution in [0.1, 0.15) is 21.7 Å². The zero-order valence-corrected chi connectivity index (χ0v) is 17.1. The van der Waals surface area contributed by atoms with Crippen molar-refractivity contribution in [2.45, 2.75) is 6.92 Å². The summed E-state index contributed by atoms with van der Waals surface area (Å²) in [6.07, 6.45) is 1.31. The lowest BCUT2D eigenvalue weighted by Crippen LogP contribution is -2.54. The number of aromatic carboxylic acids is 1. The third-order valence-corrected chi connectivity index (χ3v) is 5.01. The Kier molecular flexibility index (Phi) is 5.22. The minimum Gasteiger partial charge on any atom is -0.478 e. The first-order valence-corrected chi connectivity index (χ1v) is 9.66. The molecule has 8 heteroatoms. The lowest BCUT2D eigenvalue weighted by Gasteiger charge is -2.28. The Balaban J connectivity index is 1.69. The van der Waals surface area contributed by atoms with E-state index in [1.165, 1.54) is 17.0 Å². The maximum absolute atomic E-state index is 13.0. The van der Waals surface area contributed by atoms with Crippen LogP contribution in [0.4, 0.5) is 5.69 Å². The molecular weight excluding hydrogens is 416 g/mol. The molecule has 0 spiro atoms. The summed E-state index contributed by atoms with van der Waals surface area (Å²) in [5.74, 6) is -1.77. The fourth-order valence-electron chi connectivity index (χ4n) is 3.19. The van der Waals surface area contributed by atoms with E-state index in [9.17, 15) is 19.5 Å². The minimum atomic E-state index is -1.09. The standard InChI is InChI=1S/C23H16N2O5S/c1-13-6-8-14(9-7-13)25-21(27)18(20(26)24-23(25)31)12-15-10-11-19(30-15)16-4-2-3-5-17(16)22(28)29/h2-12H,1H3,(H,28,29)(H,24,26,31)/b18-12+. The second-order valence-electron chi connectivity index (χ2n) is 6.85. The first kappa shape index (κ1) is 20.2. The van der Waals surface area contributed by atoms with Gasteiger partial charge in [0, 0.05) is 5.56 Å². The number of hydrogen-bond acceptors (Lipinski definition) is 5. The molecule has 2 N–H and O–H groups in total. The number of carbonyl (C=O) groups is 3. The van der Waals surface area contributed by atoms with E-state index in [1.54, 1.807) is 42.5 Å². The van der Waals surface area contributed by atoms with Crippen LogP contribution in [-0.2, 0) is 9.59 Å². The van der Waals surface area contributed by atoms with Crippen LogP contribution < -0.4 is 10.2 Å². The molecule has 4 rings (SSSR count). The van der Waals surface area contributed by atoms with E-state index in [0.717, 1.165) is 5.56 Å². The first-order chi connectivity index (χ1) is 14.8. The van der Waals surface area contributed by atoms with Gasteiger partial charge in [0.05, 0.1) is 11.3 Å². The van der Waals surface area contributed by atoms with Crippen molar-refractivity contribution >= 4 is 46.9 Å². The molecule has 31 heavy (non-hydrogen) atoms. The van der Waals surface area contributed by atoms with Crippen molar-refractivity contribution in [1.29, 1.82) is 0 Å². The van der Waals surface area contributed by atoms with Crippen LogP contribution in [0.5, 0.6) is 0 Å². The molecule has 1 fully saturated rings. The van der Waals surface area contributed by atoms with E-state index in [0.29, 0.717) is 17.0 Å². The van der Waals surface area contributed by atoms with Gasteiger partial charge in [0.1, 0.15) is 17.1 Å². The highest BCUT2D eigenvalue weighted by atomic mass is 32.1. The monoisotopic (exact) mass is 432 g/mol. The number of furan rings is 1. The number of aryl methyl sites for hydroxylation is 1. The maximum Gasteiger partial charge on any atom is 0.336 e. The highest BCUT2D eigenvalue weighted by molar-refractivity contribution is 7.80. The number of hydrogen-bond donors (Lipinski definition) is 2. The number of anilines is 1. The molecule has 154 valence electrons. The molecule has 0 bridgehead atoms. The second-order valence-corrected chi connectivity index (χ2v) is 7.23. The maximum atomic E-state index is 13.0. The first-order valence-electron chi connectivity index (χ1n) is 9.26. The second kappa shape index (κ2) is 8.00. The molecule has 0 aliphatic carbocycles. The van der Waals surface area contributed by atoms with Gasteiger partial charge in [0.25, 0.3) is 11.8 Å². The zero-order chi connectivity index (χ0) is 22.1. The predicted molar refractivity (Wildman–Crippen MR) is 118 cm³/mol. The number of carboxylic acid groups (broad SMARTS) is 1. The summed E-state index contributed by atoms with van der Waals surface area (Å²) in [4.78, 5) is 38.2. The van der Waals surface area contributed by atoms with Crippen molar-refractivity contribution in [1.82, 2.24) is 5.32 Å². The van der Waals surface area contributed by atoms with E-state index in [4.69, 9.17) is 16.6 Å². The van der Waals surface area contributed by atoms with Gasteiger partial charge in [-0.05, 0) is 55.5 Å². The average Bonchev–Trinajstić information content (AvgIpc) is 3.21. The summed E-state index contributed by atoms with van der Waals surface area (Å²) in [5.41, 5.74) is 1.87. The third kappa shape index (κ3) is 3.88. The molecular formula is C23H16N2O5S. The zero-order valence-electron chi connectivity index (χ0n) is 16.3. The summed E-state index contributed by atoms with van der Waals surface area (Å²) < 4.78 is 5.72. The predicted octanol–water partition coefficient (Wildman–Crippen LogP) is 3.78. The molecule has 2 heterocycles. The molecule has 1 saturated heterocycles. The number of carbonyl (C=O) groups excluding carboxylic acids is 2. The Bertz CT molecular complexity index is 1260. The van der Waals surface area contributed by atoms with E-state index in [-0.39, 0.29) is 22.0 Å². The summed E-state index contributed by atoms with van der Waals surface area (Å²) in [5, 5.41) is 11.9. The Morgan fingerprint density at radius 3 is 2.48 bits per heavy atom. The van der Waals surface area contributed by atoms with Gasteiger partial charge in [0.2, 0.25) is 0 Å². The van der Waals surface area contributed by atoms with Crippen molar-refractivity contribution in [2.24, 2.45) is 0 Å². The topological polar surface area (TPSA) is 99.8 Å². The average molecular weight is 432 g/mol. The van der Waals surface area contributed by atoms with Crippen molar-refractivity contribution < 1.29 is 23.9 Å². The van der Waals surface area contributed by atoms with Gasteiger partial charge in [-0.15, -0.1) is 0 Å². The normalized spacial score (nSPS) is 15.3. The number of nitrogens with zero attached hydrogens (tertiary/aromatic N) is 1. The lowest BCUT2D eigenvalue weighted by molar-refractivity contribution is -0.122.